The van der Waals surface area contributed by atoms with E-state index in [1.54, 1.807) is 0 Å². The smallest absolute Gasteiger partial charge is 0.317 e. The van der Waals surface area contributed by atoms with Crippen molar-refractivity contribution < 1.29 is 39.6 Å². The number of hydrogen-bond acceptors (Lipinski definition) is 5. The number of unbranched alkanes of at least 4 members (excludes halogenated alkanes) is 4. The third-order valence-electron chi connectivity index (χ3n) is 5.52. The van der Waals surface area contributed by atoms with Gasteiger partial charge in [0.2, 0.25) is 0 Å². The van der Waals surface area contributed by atoms with Crippen molar-refractivity contribution in [2.24, 2.45) is 23.7 Å². The summed E-state index contributed by atoms with van der Waals surface area (Å²) in [6, 6.07) is 0. The van der Waals surface area contributed by atoms with Gasteiger partial charge < -0.3 is 20.4 Å². The van der Waals surface area contributed by atoms with Gasteiger partial charge in [-0.15, -0.1) is 0 Å². The Hall–Kier alpha value is -1.96. The predicted molar refractivity (Wildman–Crippen MR) is 113 cm³/mol. The first-order chi connectivity index (χ1) is 13.6. The second-order valence-electron chi connectivity index (χ2n) is 8.09. The van der Waals surface area contributed by atoms with Crippen LogP contribution in [0.4, 0.5) is 0 Å². The monoisotopic (exact) mass is 432 g/mol. The molecule has 0 spiro atoms. The molecular formula is C22H40O8. The van der Waals surface area contributed by atoms with Crippen molar-refractivity contribution in [1.29, 1.82) is 0 Å². The summed E-state index contributed by atoms with van der Waals surface area (Å²) >= 11 is 0. The molecule has 4 atom stereocenters. The number of hydrogen-bond donors (Lipinski definition) is 2. The molecule has 1 aliphatic heterocycles. The number of carboxylic acid groups (broad SMARTS) is 2. The zero-order valence-electron chi connectivity index (χ0n) is 18.8. The zero-order chi connectivity index (χ0) is 22.4. The molecule has 0 aliphatic carbocycles. The fourth-order valence-corrected chi connectivity index (χ4v) is 3.48. The van der Waals surface area contributed by atoms with E-state index in [-0.39, 0.29) is 48.0 Å². The summed E-state index contributed by atoms with van der Waals surface area (Å²) in [4.78, 5) is 43.4. The first-order valence-corrected chi connectivity index (χ1v) is 10.8. The molecule has 0 saturated carbocycles. The van der Waals surface area contributed by atoms with Crippen molar-refractivity contribution >= 4 is 23.9 Å². The van der Waals surface area contributed by atoms with Gasteiger partial charge in [-0.1, -0.05) is 66.2 Å². The van der Waals surface area contributed by atoms with Crippen LogP contribution in [0.25, 0.3) is 0 Å². The van der Waals surface area contributed by atoms with Gasteiger partial charge in [0.25, 0.3) is 0 Å². The summed E-state index contributed by atoms with van der Waals surface area (Å²) in [5.74, 6) is -3.43. The van der Waals surface area contributed by atoms with Gasteiger partial charge in [-0.25, -0.2) is 0 Å². The molecule has 4 unspecified atom stereocenters. The molecule has 1 saturated heterocycles. The maximum absolute atomic E-state index is 11.2. The maximum Gasteiger partial charge on any atom is 0.317 e. The van der Waals surface area contributed by atoms with Crippen LogP contribution in [0.2, 0.25) is 0 Å². The number of carbonyl (C=O) groups is 4. The Morgan fingerprint density at radius 2 is 1.53 bits per heavy atom. The fraction of sp³-hybridized carbons (Fsp3) is 0.818. The molecule has 0 aromatic carbocycles. The normalized spacial score (nSPS) is 18.3. The number of esters is 2. The summed E-state index contributed by atoms with van der Waals surface area (Å²) in [5.41, 5.74) is 0. The van der Waals surface area contributed by atoms with Crippen molar-refractivity contribution in [2.45, 2.75) is 91.9 Å². The summed E-state index contributed by atoms with van der Waals surface area (Å²) in [6.07, 6.45) is 8.46. The number of rotatable bonds is 13. The van der Waals surface area contributed by atoms with E-state index in [1.807, 2.05) is 13.8 Å². The van der Waals surface area contributed by atoms with Gasteiger partial charge >= 0.3 is 23.9 Å². The molecule has 8 nitrogen and oxygen atoms in total. The molecular weight excluding hydrogens is 392 g/mol. The lowest BCUT2D eigenvalue weighted by Crippen LogP contribution is -2.24. The average Bonchev–Trinajstić information content (AvgIpc) is 2.98. The molecule has 0 amide bonds. The van der Waals surface area contributed by atoms with Crippen molar-refractivity contribution in [3.05, 3.63) is 0 Å². The standard InChI is InChI=1S/C11H20O4.C11H18O3.H2O/c1-3-4-5-6-8(2)9(11(14)15)7-10(12)13;1-3-4-5-6-8(2)9-7-10(12)14-11(9)13;/h8-9H,3-7H2,1-2H3,(H,12,13)(H,14,15);8-9H,3-7H2,1-2H3;1H2. The molecule has 0 aromatic heterocycles. The van der Waals surface area contributed by atoms with Crippen molar-refractivity contribution in [1.82, 2.24) is 0 Å². The van der Waals surface area contributed by atoms with E-state index in [9.17, 15) is 19.2 Å². The molecule has 1 rings (SSSR count). The summed E-state index contributed by atoms with van der Waals surface area (Å²) in [5, 5.41) is 17.5. The fourth-order valence-electron chi connectivity index (χ4n) is 3.48. The van der Waals surface area contributed by atoms with Crippen molar-refractivity contribution in [3.63, 3.8) is 0 Å². The Kier molecular flexibility index (Phi) is 16.9. The van der Waals surface area contributed by atoms with E-state index in [0.29, 0.717) is 0 Å². The molecule has 176 valence electrons. The lowest BCUT2D eigenvalue weighted by atomic mass is 9.87. The molecule has 0 aromatic rings. The molecule has 1 fully saturated rings. The largest absolute Gasteiger partial charge is 0.481 e. The number of carbonyl (C=O) groups excluding carboxylic acids is 2. The van der Waals surface area contributed by atoms with E-state index >= 15 is 0 Å². The van der Waals surface area contributed by atoms with Crippen LogP contribution in [0.5, 0.6) is 0 Å². The van der Waals surface area contributed by atoms with Gasteiger partial charge in [-0.2, -0.15) is 0 Å². The van der Waals surface area contributed by atoms with Gasteiger partial charge in [-0.05, 0) is 24.7 Å². The highest BCUT2D eigenvalue weighted by Crippen LogP contribution is 2.28. The van der Waals surface area contributed by atoms with E-state index in [2.05, 4.69) is 18.6 Å². The Bertz CT molecular complexity index is 531. The number of aliphatic carboxylic acids is 2. The number of ether oxygens (including phenoxy) is 1. The molecule has 1 aliphatic rings. The highest BCUT2D eigenvalue weighted by molar-refractivity contribution is 5.94. The lowest BCUT2D eigenvalue weighted by molar-refractivity contribution is -0.153. The van der Waals surface area contributed by atoms with Gasteiger partial charge in [0, 0.05) is 0 Å². The molecule has 0 radical (unpaired) electrons. The van der Waals surface area contributed by atoms with Crippen LogP contribution in [-0.4, -0.2) is 39.6 Å². The van der Waals surface area contributed by atoms with Crippen LogP contribution in [0.1, 0.15) is 91.9 Å². The second-order valence-corrected chi connectivity index (χ2v) is 8.09. The van der Waals surface area contributed by atoms with Gasteiger partial charge in [0.05, 0.1) is 24.7 Å². The van der Waals surface area contributed by atoms with Crippen LogP contribution in [0, 0.1) is 23.7 Å². The zero-order valence-corrected chi connectivity index (χ0v) is 18.8. The minimum absolute atomic E-state index is 0. The topological polar surface area (TPSA) is 149 Å². The van der Waals surface area contributed by atoms with Crippen LogP contribution in [-0.2, 0) is 23.9 Å². The van der Waals surface area contributed by atoms with Gasteiger partial charge in [0.1, 0.15) is 0 Å². The highest BCUT2D eigenvalue weighted by atomic mass is 16.6. The van der Waals surface area contributed by atoms with Crippen LogP contribution < -0.4 is 0 Å². The summed E-state index contributed by atoms with van der Waals surface area (Å²) in [6.45, 7) is 8.08. The average molecular weight is 433 g/mol. The highest BCUT2D eigenvalue weighted by Gasteiger charge is 2.36. The lowest BCUT2D eigenvalue weighted by Gasteiger charge is -2.18. The van der Waals surface area contributed by atoms with E-state index < -0.39 is 17.9 Å². The van der Waals surface area contributed by atoms with Crippen molar-refractivity contribution in [2.75, 3.05) is 0 Å². The minimum atomic E-state index is -1.04. The van der Waals surface area contributed by atoms with E-state index in [4.69, 9.17) is 10.2 Å². The Morgan fingerprint density at radius 1 is 1.00 bits per heavy atom. The van der Waals surface area contributed by atoms with E-state index in [1.165, 1.54) is 12.8 Å². The van der Waals surface area contributed by atoms with Gasteiger partial charge in [-0.3, -0.25) is 19.2 Å². The second kappa shape index (κ2) is 16.8. The summed E-state index contributed by atoms with van der Waals surface area (Å²) in [7, 11) is 0. The molecule has 4 N–H and O–H groups in total. The Labute approximate surface area is 179 Å². The van der Waals surface area contributed by atoms with E-state index in [0.717, 1.165) is 38.5 Å². The third kappa shape index (κ3) is 12.6. The molecule has 1 heterocycles. The summed E-state index contributed by atoms with van der Waals surface area (Å²) < 4.78 is 4.52. The predicted octanol–water partition coefficient (Wildman–Crippen LogP) is 3.85. The Morgan fingerprint density at radius 3 is 1.93 bits per heavy atom. The SMILES string of the molecule is CCCCCC(C)C(CC(=O)O)C(=O)O.CCCCCC(C)C1CC(=O)OC1=O.O. The third-order valence-corrected chi connectivity index (χ3v) is 5.52. The van der Waals surface area contributed by atoms with Crippen LogP contribution >= 0.6 is 0 Å². The van der Waals surface area contributed by atoms with Crippen molar-refractivity contribution in [3.8, 4) is 0 Å². The number of carboxylic acids is 2. The first kappa shape index (κ1) is 30.2. The quantitative estimate of drug-likeness (QED) is 0.255. The molecule has 8 heteroatoms. The Balaban J connectivity index is 0. The minimum Gasteiger partial charge on any atom is -0.481 e. The molecule has 0 bridgehead atoms. The molecule has 30 heavy (non-hydrogen) atoms. The van der Waals surface area contributed by atoms with Gasteiger partial charge in [0.15, 0.2) is 0 Å². The first-order valence-electron chi connectivity index (χ1n) is 10.8. The van der Waals surface area contributed by atoms with Crippen LogP contribution in [0.3, 0.4) is 0 Å². The van der Waals surface area contributed by atoms with Crippen LogP contribution in [0.15, 0.2) is 0 Å². The number of cyclic esters (lactones) is 2. The maximum atomic E-state index is 11.2.